The fourth-order valence-electron chi connectivity index (χ4n) is 0.923. The molecule has 0 spiro atoms. The van der Waals surface area contributed by atoms with Gasteiger partial charge >= 0.3 is 0 Å². The Labute approximate surface area is 74.4 Å². The Morgan fingerprint density at radius 2 is 2.31 bits per heavy atom. The second-order valence-electron chi connectivity index (χ2n) is 2.30. The first-order valence-electron chi connectivity index (χ1n) is 3.45. The van der Waals surface area contributed by atoms with Crippen molar-refractivity contribution in [2.24, 2.45) is 0 Å². The number of nitriles is 1. The van der Waals surface area contributed by atoms with E-state index in [9.17, 15) is 9.18 Å². The third kappa shape index (κ3) is 1.64. The molecule has 0 aliphatic carbocycles. The number of aldehydes is 1. The van der Waals surface area contributed by atoms with Crippen molar-refractivity contribution in [1.29, 1.82) is 5.26 Å². The van der Waals surface area contributed by atoms with Crippen molar-refractivity contribution in [2.45, 2.75) is 0 Å². The van der Waals surface area contributed by atoms with Gasteiger partial charge in [0.25, 0.3) is 0 Å². The number of benzene rings is 1. The van der Waals surface area contributed by atoms with Gasteiger partial charge in [0.05, 0.1) is 18.2 Å². The maximum absolute atomic E-state index is 12.9. The van der Waals surface area contributed by atoms with E-state index in [0.717, 1.165) is 6.07 Å². The molecule has 13 heavy (non-hydrogen) atoms. The van der Waals surface area contributed by atoms with Crippen LogP contribution in [-0.4, -0.2) is 13.4 Å². The fraction of sp³-hybridized carbons (Fsp3) is 0.111. The summed E-state index contributed by atoms with van der Waals surface area (Å²) in [7, 11) is 1.35. The SMILES string of the molecule is COc1cc(C#N)c(F)cc1C=O. The molecule has 0 fully saturated rings. The molecule has 0 unspecified atom stereocenters. The maximum Gasteiger partial charge on any atom is 0.153 e. The Morgan fingerprint density at radius 1 is 1.62 bits per heavy atom. The highest BCUT2D eigenvalue weighted by molar-refractivity contribution is 5.79. The van der Waals surface area contributed by atoms with Crippen LogP contribution in [0.2, 0.25) is 0 Å². The van der Waals surface area contributed by atoms with Crippen LogP contribution in [0, 0.1) is 17.1 Å². The zero-order chi connectivity index (χ0) is 9.84. The van der Waals surface area contributed by atoms with Gasteiger partial charge in [0.2, 0.25) is 0 Å². The Hall–Kier alpha value is -1.89. The first-order valence-corrected chi connectivity index (χ1v) is 3.45. The smallest absolute Gasteiger partial charge is 0.153 e. The molecule has 0 atom stereocenters. The third-order valence-electron chi connectivity index (χ3n) is 1.57. The molecule has 0 aromatic heterocycles. The summed E-state index contributed by atoms with van der Waals surface area (Å²) in [5.41, 5.74) is -0.0403. The van der Waals surface area contributed by atoms with Gasteiger partial charge in [0, 0.05) is 6.07 Å². The van der Waals surface area contributed by atoms with E-state index in [-0.39, 0.29) is 16.9 Å². The predicted molar refractivity (Wildman–Crippen MR) is 43.1 cm³/mol. The van der Waals surface area contributed by atoms with Crippen LogP contribution >= 0.6 is 0 Å². The highest BCUT2D eigenvalue weighted by Gasteiger charge is 2.08. The van der Waals surface area contributed by atoms with E-state index >= 15 is 0 Å². The average Bonchev–Trinajstić information content (AvgIpc) is 2.17. The molecule has 0 aliphatic heterocycles. The van der Waals surface area contributed by atoms with E-state index in [1.807, 2.05) is 0 Å². The van der Waals surface area contributed by atoms with Gasteiger partial charge in [-0.25, -0.2) is 4.39 Å². The molecule has 1 aromatic rings. The Morgan fingerprint density at radius 3 is 2.77 bits per heavy atom. The molecule has 0 saturated heterocycles. The van der Waals surface area contributed by atoms with Crippen LogP contribution < -0.4 is 4.74 Å². The summed E-state index contributed by atoms with van der Waals surface area (Å²) in [4.78, 5) is 10.4. The second kappa shape index (κ2) is 3.68. The molecule has 1 aromatic carbocycles. The van der Waals surface area contributed by atoms with Crippen molar-refractivity contribution in [2.75, 3.05) is 7.11 Å². The van der Waals surface area contributed by atoms with Crippen molar-refractivity contribution >= 4 is 6.29 Å². The quantitative estimate of drug-likeness (QED) is 0.646. The lowest BCUT2D eigenvalue weighted by atomic mass is 10.1. The minimum absolute atomic E-state index is 0.0963. The van der Waals surface area contributed by atoms with Crippen LogP contribution in [0.5, 0.6) is 5.75 Å². The molecule has 0 bridgehead atoms. The molecule has 1 rings (SSSR count). The summed E-state index contributed by atoms with van der Waals surface area (Å²) < 4.78 is 17.7. The van der Waals surface area contributed by atoms with Crippen LogP contribution in [0.25, 0.3) is 0 Å². The number of hydrogen-bond acceptors (Lipinski definition) is 3. The number of carbonyl (C=O) groups excluding carboxylic acids is 1. The van der Waals surface area contributed by atoms with E-state index in [4.69, 9.17) is 10.00 Å². The number of ether oxygens (including phenoxy) is 1. The van der Waals surface area contributed by atoms with Gasteiger partial charge in [0.1, 0.15) is 17.6 Å². The lowest BCUT2D eigenvalue weighted by Crippen LogP contribution is -1.94. The largest absolute Gasteiger partial charge is 0.496 e. The first kappa shape index (κ1) is 9.20. The van der Waals surface area contributed by atoms with Gasteiger partial charge < -0.3 is 4.74 Å². The molecule has 0 amide bonds. The van der Waals surface area contributed by atoms with Crippen LogP contribution in [0.3, 0.4) is 0 Å². The monoisotopic (exact) mass is 179 g/mol. The van der Waals surface area contributed by atoms with Gasteiger partial charge in [-0.15, -0.1) is 0 Å². The standard InChI is InChI=1S/C9H6FNO2/c1-13-9-3-6(4-11)8(10)2-7(9)5-12/h2-3,5H,1H3. The first-order chi connectivity index (χ1) is 6.22. The van der Waals surface area contributed by atoms with E-state index in [1.54, 1.807) is 6.07 Å². The van der Waals surface area contributed by atoms with E-state index in [1.165, 1.54) is 13.2 Å². The van der Waals surface area contributed by atoms with Crippen molar-refractivity contribution in [1.82, 2.24) is 0 Å². The molecule has 0 radical (unpaired) electrons. The molecule has 0 saturated carbocycles. The van der Waals surface area contributed by atoms with Crippen LogP contribution in [-0.2, 0) is 0 Å². The van der Waals surface area contributed by atoms with Gasteiger partial charge in [-0.05, 0) is 6.07 Å². The van der Waals surface area contributed by atoms with Crippen molar-refractivity contribution < 1.29 is 13.9 Å². The topological polar surface area (TPSA) is 50.1 Å². The number of methoxy groups -OCH3 is 1. The highest BCUT2D eigenvalue weighted by atomic mass is 19.1. The van der Waals surface area contributed by atoms with E-state index < -0.39 is 5.82 Å². The molecule has 0 N–H and O–H groups in total. The molecular weight excluding hydrogens is 173 g/mol. The summed E-state index contributed by atoms with van der Waals surface area (Å²) in [5.74, 6) is -0.515. The number of nitrogens with zero attached hydrogens (tertiary/aromatic N) is 1. The summed E-state index contributed by atoms with van der Waals surface area (Å²) in [5, 5.41) is 8.47. The van der Waals surface area contributed by atoms with Gasteiger partial charge in [-0.2, -0.15) is 5.26 Å². The zero-order valence-corrected chi connectivity index (χ0v) is 6.87. The summed E-state index contributed by atoms with van der Waals surface area (Å²) in [6.07, 6.45) is 0.475. The predicted octanol–water partition coefficient (Wildman–Crippen LogP) is 1.52. The molecule has 0 heterocycles. The van der Waals surface area contributed by atoms with Gasteiger partial charge in [-0.1, -0.05) is 0 Å². The van der Waals surface area contributed by atoms with Crippen LogP contribution in [0.15, 0.2) is 12.1 Å². The zero-order valence-electron chi connectivity index (χ0n) is 6.87. The maximum atomic E-state index is 12.9. The lowest BCUT2D eigenvalue weighted by Gasteiger charge is -2.03. The number of halogens is 1. The molecule has 3 nitrogen and oxygen atoms in total. The number of hydrogen-bond donors (Lipinski definition) is 0. The highest BCUT2D eigenvalue weighted by Crippen LogP contribution is 2.20. The Balaban J connectivity index is 3.36. The third-order valence-corrected chi connectivity index (χ3v) is 1.57. The minimum Gasteiger partial charge on any atom is -0.496 e. The van der Waals surface area contributed by atoms with E-state index in [0.29, 0.717) is 6.29 Å². The normalized spacial score (nSPS) is 9.00. The molecule has 66 valence electrons. The van der Waals surface area contributed by atoms with Crippen LogP contribution in [0.1, 0.15) is 15.9 Å². The minimum atomic E-state index is -0.717. The average molecular weight is 179 g/mol. The van der Waals surface area contributed by atoms with Gasteiger partial charge in [-0.3, -0.25) is 4.79 Å². The lowest BCUT2D eigenvalue weighted by molar-refractivity contribution is 0.112. The Kier molecular flexibility index (Phi) is 2.60. The molecule has 0 aliphatic rings. The summed E-state index contributed by atoms with van der Waals surface area (Å²) in [6, 6.07) is 3.82. The van der Waals surface area contributed by atoms with Crippen LogP contribution in [0.4, 0.5) is 4.39 Å². The summed E-state index contributed by atoms with van der Waals surface area (Å²) >= 11 is 0. The van der Waals surface area contributed by atoms with Crippen molar-refractivity contribution in [3.8, 4) is 11.8 Å². The number of rotatable bonds is 2. The molecule has 4 heteroatoms. The Bertz CT molecular complexity index is 382. The van der Waals surface area contributed by atoms with Crippen molar-refractivity contribution in [3.63, 3.8) is 0 Å². The summed E-state index contributed by atoms with van der Waals surface area (Å²) in [6.45, 7) is 0. The second-order valence-corrected chi connectivity index (χ2v) is 2.30. The van der Waals surface area contributed by atoms with Crippen molar-refractivity contribution in [3.05, 3.63) is 29.1 Å². The van der Waals surface area contributed by atoms with Gasteiger partial charge in [0.15, 0.2) is 6.29 Å². The molecular formula is C9H6FNO2. The fourth-order valence-corrected chi connectivity index (χ4v) is 0.923. The number of carbonyl (C=O) groups is 1. The van der Waals surface area contributed by atoms with E-state index in [2.05, 4.69) is 0 Å².